The Hall–Kier alpha value is -1.44. The van der Waals surface area contributed by atoms with Crippen LogP contribution in [0.15, 0.2) is 23.1 Å². The Kier molecular flexibility index (Phi) is 3.86. The number of nitrogens with zero attached hydrogens (tertiary/aromatic N) is 1. The first kappa shape index (κ1) is 15.0. The number of sulfonamides is 1. The maximum absolute atomic E-state index is 12.3. The summed E-state index contributed by atoms with van der Waals surface area (Å²) < 4.78 is 26.8. The second-order valence-corrected chi connectivity index (χ2v) is 6.62. The molecular weight excluding hydrogens is 304 g/mol. The number of hydrogen-bond acceptors (Lipinski definition) is 4. The average Bonchev–Trinajstić information content (AvgIpc) is 2.60. The van der Waals surface area contributed by atoms with Crippen molar-refractivity contribution in [1.82, 2.24) is 9.62 Å². The summed E-state index contributed by atoms with van der Waals surface area (Å²) in [5, 5.41) is 0.318. The Bertz CT molecular complexity index is 687. The quantitative estimate of drug-likeness (QED) is 0.831. The molecule has 6 nitrogen and oxygen atoms in total. The lowest BCUT2D eigenvalue weighted by Crippen LogP contribution is -2.40. The molecule has 1 N–H and O–H groups in total. The van der Waals surface area contributed by atoms with Gasteiger partial charge in [-0.25, -0.2) is 8.42 Å². The molecule has 1 heterocycles. The number of hydrogen-bond donors (Lipinski definition) is 1. The number of imide groups is 1. The Morgan fingerprint density at radius 1 is 1.35 bits per heavy atom. The average molecular weight is 317 g/mol. The van der Waals surface area contributed by atoms with Gasteiger partial charge in [-0.1, -0.05) is 17.7 Å². The molecule has 1 fully saturated rings. The van der Waals surface area contributed by atoms with Crippen molar-refractivity contribution in [3.8, 4) is 0 Å². The van der Waals surface area contributed by atoms with Crippen LogP contribution in [0.5, 0.6) is 0 Å². The van der Waals surface area contributed by atoms with Gasteiger partial charge in [0.25, 0.3) is 0 Å². The van der Waals surface area contributed by atoms with E-state index in [9.17, 15) is 18.0 Å². The standard InChI is InChI=1S/C12H13ClN2O4S/c1-7-8(13)4-3-5-10(7)20(18,19)14-9-6-11(16)15(2)12(9)17/h3-5,9,14H,6H2,1-2H3. The first-order valence-electron chi connectivity index (χ1n) is 5.82. The molecule has 0 aliphatic carbocycles. The lowest BCUT2D eigenvalue weighted by Gasteiger charge is -2.13. The normalized spacial score (nSPS) is 19.8. The molecule has 108 valence electrons. The molecule has 1 aliphatic heterocycles. The van der Waals surface area contributed by atoms with E-state index in [1.54, 1.807) is 13.0 Å². The smallest absolute Gasteiger partial charge is 0.247 e. The summed E-state index contributed by atoms with van der Waals surface area (Å²) in [6.07, 6.45) is -0.172. The summed E-state index contributed by atoms with van der Waals surface area (Å²) in [5.41, 5.74) is 0.395. The van der Waals surface area contributed by atoms with Crippen molar-refractivity contribution < 1.29 is 18.0 Å². The second-order valence-electron chi connectivity index (χ2n) is 4.53. The van der Waals surface area contributed by atoms with Crippen molar-refractivity contribution in [3.63, 3.8) is 0 Å². The van der Waals surface area contributed by atoms with Crippen LogP contribution in [0, 0.1) is 6.92 Å². The van der Waals surface area contributed by atoms with E-state index in [1.165, 1.54) is 19.2 Å². The number of rotatable bonds is 3. The fraction of sp³-hybridized carbons (Fsp3) is 0.333. The summed E-state index contributed by atoms with van der Waals surface area (Å²) in [7, 11) is -2.59. The van der Waals surface area contributed by atoms with Crippen LogP contribution < -0.4 is 4.72 Å². The Labute approximate surface area is 121 Å². The van der Waals surface area contributed by atoms with Gasteiger partial charge in [0.05, 0.1) is 11.3 Å². The van der Waals surface area contributed by atoms with Gasteiger partial charge in [-0.05, 0) is 24.6 Å². The minimum absolute atomic E-state index is 0.000183. The second kappa shape index (κ2) is 5.16. The largest absolute Gasteiger partial charge is 0.284 e. The number of benzene rings is 1. The molecule has 0 radical (unpaired) electrons. The monoisotopic (exact) mass is 316 g/mol. The van der Waals surface area contributed by atoms with E-state index in [-0.39, 0.29) is 11.3 Å². The number of amides is 2. The van der Waals surface area contributed by atoms with Crippen molar-refractivity contribution in [2.75, 3.05) is 7.05 Å². The maximum Gasteiger partial charge on any atom is 0.247 e. The molecule has 0 spiro atoms. The minimum Gasteiger partial charge on any atom is -0.284 e. The number of nitrogens with one attached hydrogen (secondary N) is 1. The zero-order valence-corrected chi connectivity index (χ0v) is 12.5. The topological polar surface area (TPSA) is 83.6 Å². The maximum atomic E-state index is 12.3. The Balaban J connectivity index is 2.31. The Morgan fingerprint density at radius 2 is 2.00 bits per heavy atom. The zero-order valence-electron chi connectivity index (χ0n) is 10.9. The van der Waals surface area contributed by atoms with Gasteiger partial charge >= 0.3 is 0 Å². The minimum atomic E-state index is -3.91. The predicted octanol–water partition coefficient (Wildman–Crippen LogP) is 0.684. The van der Waals surface area contributed by atoms with E-state index >= 15 is 0 Å². The summed E-state index contributed by atoms with van der Waals surface area (Å²) in [6.45, 7) is 1.57. The van der Waals surface area contributed by atoms with Crippen LogP contribution in [0.2, 0.25) is 5.02 Å². The van der Waals surface area contributed by atoms with E-state index in [0.29, 0.717) is 10.6 Å². The molecule has 8 heteroatoms. The van der Waals surface area contributed by atoms with Crippen molar-refractivity contribution in [1.29, 1.82) is 0 Å². The van der Waals surface area contributed by atoms with Crippen molar-refractivity contribution >= 4 is 33.4 Å². The third-order valence-corrected chi connectivity index (χ3v) is 5.21. The van der Waals surface area contributed by atoms with Crippen LogP contribution in [0.1, 0.15) is 12.0 Å². The fourth-order valence-corrected chi connectivity index (χ4v) is 3.66. The predicted molar refractivity (Wildman–Crippen MR) is 72.7 cm³/mol. The third kappa shape index (κ3) is 2.56. The van der Waals surface area contributed by atoms with E-state index in [1.807, 2.05) is 0 Å². The summed E-state index contributed by atoms with van der Waals surface area (Å²) in [6, 6.07) is 3.43. The molecule has 1 atom stereocenters. The molecule has 2 rings (SSSR count). The molecule has 1 saturated heterocycles. The van der Waals surface area contributed by atoms with Crippen LogP contribution in [-0.2, 0) is 19.6 Å². The van der Waals surface area contributed by atoms with Crippen molar-refractivity contribution in [2.45, 2.75) is 24.3 Å². The highest BCUT2D eigenvalue weighted by Gasteiger charge is 2.38. The number of carbonyl (C=O) groups excluding carboxylic acids is 2. The van der Waals surface area contributed by atoms with E-state index in [2.05, 4.69) is 4.72 Å². The van der Waals surface area contributed by atoms with Gasteiger partial charge in [0.15, 0.2) is 0 Å². The van der Waals surface area contributed by atoms with Gasteiger partial charge in [-0.2, -0.15) is 4.72 Å². The van der Waals surface area contributed by atoms with Gasteiger partial charge in [0, 0.05) is 12.1 Å². The first-order chi connectivity index (χ1) is 9.24. The molecule has 20 heavy (non-hydrogen) atoms. The van der Waals surface area contributed by atoms with E-state index in [0.717, 1.165) is 4.90 Å². The SMILES string of the molecule is Cc1c(Cl)cccc1S(=O)(=O)NC1CC(=O)N(C)C1=O. The molecule has 0 bridgehead atoms. The molecule has 1 unspecified atom stereocenters. The zero-order chi connectivity index (χ0) is 15.1. The summed E-state index contributed by atoms with van der Waals surface area (Å²) in [5.74, 6) is -0.969. The van der Waals surface area contributed by atoms with Gasteiger partial charge in [-0.3, -0.25) is 14.5 Å². The molecule has 1 aliphatic rings. The van der Waals surface area contributed by atoms with E-state index < -0.39 is 27.9 Å². The number of carbonyl (C=O) groups is 2. The first-order valence-corrected chi connectivity index (χ1v) is 7.68. The van der Waals surface area contributed by atoms with Crippen LogP contribution >= 0.6 is 11.6 Å². The van der Waals surface area contributed by atoms with Crippen LogP contribution in [-0.4, -0.2) is 38.2 Å². The third-order valence-electron chi connectivity index (χ3n) is 3.19. The molecule has 0 saturated carbocycles. The highest BCUT2D eigenvalue weighted by Crippen LogP contribution is 2.23. The summed E-state index contributed by atoms with van der Waals surface area (Å²) >= 11 is 5.89. The molecule has 0 aromatic heterocycles. The van der Waals surface area contributed by atoms with Crippen LogP contribution in [0.25, 0.3) is 0 Å². The summed E-state index contributed by atoms with van der Waals surface area (Å²) in [4.78, 5) is 24.0. The highest BCUT2D eigenvalue weighted by molar-refractivity contribution is 7.89. The molecular formula is C12H13ClN2O4S. The van der Waals surface area contributed by atoms with Gasteiger partial charge in [0.1, 0.15) is 6.04 Å². The van der Waals surface area contributed by atoms with Gasteiger partial charge in [-0.15, -0.1) is 0 Å². The number of likely N-dealkylation sites (tertiary alicyclic amines) is 1. The molecule has 1 aromatic carbocycles. The van der Waals surface area contributed by atoms with Crippen LogP contribution in [0.4, 0.5) is 0 Å². The highest BCUT2D eigenvalue weighted by atomic mass is 35.5. The van der Waals surface area contributed by atoms with Crippen molar-refractivity contribution in [2.24, 2.45) is 0 Å². The number of likely N-dealkylation sites (N-methyl/N-ethyl adjacent to an activating group) is 1. The van der Waals surface area contributed by atoms with Crippen LogP contribution in [0.3, 0.4) is 0 Å². The molecule has 1 aromatic rings. The Morgan fingerprint density at radius 3 is 2.55 bits per heavy atom. The lowest BCUT2D eigenvalue weighted by atomic mass is 10.2. The number of halogens is 1. The fourth-order valence-electron chi connectivity index (χ4n) is 1.98. The van der Waals surface area contributed by atoms with Gasteiger partial charge in [0.2, 0.25) is 21.8 Å². The molecule has 2 amide bonds. The van der Waals surface area contributed by atoms with Crippen molar-refractivity contribution in [3.05, 3.63) is 28.8 Å². The van der Waals surface area contributed by atoms with Gasteiger partial charge < -0.3 is 0 Å². The van der Waals surface area contributed by atoms with E-state index in [4.69, 9.17) is 11.6 Å². The lowest BCUT2D eigenvalue weighted by molar-refractivity contribution is -0.137.